The van der Waals surface area contributed by atoms with Crippen LogP contribution in [0.4, 0.5) is 19.0 Å². The summed E-state index contributed by atoms with van der Waals surface area (Å²) in [6, 6.07) is 9.52. The number of nitrogens with zero attached hydrogens (tertiary/aromatic N) is 2. The number of anilines is 1. The monoisotopic (exact) mass is 314 g/mol. The second kappa shape index (κ2) is 5.93. The molecule has 0 aliphatic rings. The van der Waals surface area contributed by atoms with Gasteiger partial charge in [-0.1, -0.05) is 35.9 Å². The van der Waals surface area contributed by atoms with Gasteiger partial charge in [-0.05, 0) is 30.2 Å². The molecular weight excluding hydrogens is 301 g/mol. The first-order valence-corrected chi connectivity index (χ1v) is 6.65. The highest BCUT2D eigenvalue weighted by atomic mass is 35.5. The summed E-state index contributed by atoms with van der Waals surface area (Å²) < 4.78 is 38.4. The molecule has 0 atom stereocenters. The molecule has 0 radical (unpaired) electrons. The number of hydrogen-bond donors (Lipinski definition) is 0. The molecule has 0 unspecified atom stereocenters. The van der Waals surface area contributed by atoms with Crippen molar-refractivity contribution in [3.05, 3.63) is 58.2 Å². The van der Waals surface area contributed by atoms with Crippen LogP contribution in [-0.4, -0.2) is 12.0 Å². The van der Waals surface area contributed by atoms with E-state index in [-0.39, 0.29) is 11.0 Å². The summed E-state index contributed by atoms with van der Waals surface area (Å²) in [5, 5.41) is -0.170. The Bertz CT molecular complexity index is 641. The first-order chi connectivity index (χ1) is 9.77. The number of halogens is 4. The molecule has 112 valence electrons. The Morgan fingerprint density at radius 3 is 2.48 bits per heavy atom. The maximum Gasteiger partial charge on any atom is 0.416 e. The number of rotatable bonds is 3. The number of aryl methyl sites for hydroxylation is 1. The Kier molecular flexibility index (Phi) is 4.42. The van der Waals surface area contributed by atoms with Crippen LogP contribution in [0, 0.1) is 6.92 Å². The van der Waals surface area contributed by atoms with Gasteiger partial charge in [-0.2, -0.15) is 13.2 Å². The van der Waals surface area contributed by atoms with Crippen LogP contribution in [-0.2, 0) is 12.7 Å². The minimum absolute atomic E-state index is 0.170. The summed E-state index contributed by atoms with van der Waals surface area (Å²) in [7, 11) is 1.69. The molecule has 6 heteroatoms. The van der Waals surface area contributed by atoms with Crippen LogP contribution >= 0.6 is 11.6 Å². The van der Waals surface area contributed by atoms with E-state index in [0.717, 1.165) is 23.3 Å². The zero-order valence-electron chi connectivity index (χ0n) is 11.6. The molecule has 0 amide bonds. The molecule has 1 aromatic heterocycles. The minimum atomic E-state index is -4.44. The van der Waals surface area contributed by atoms with Crippen LogP contribution in [0.1, 0.15) is 16.7 Å². The third-order valence-corrected chi connectivity index (χ3v) is 3.36. The highest BCUT2D eigenvalue weighted by Crippen LogP contribution is 2.32. The van der Waals surface area contributed by atoms with E-state index in [1.54, 1.807) is 11.9 Å². The lowest BCUT2D eigenvalue weighted by Gasteiger charge is -2.21. The maximum absolute atomic E-state index is 12.8. The fourth-order valence-corrected chi connectivity index (χ4v) is 2.17. The highest BCUT2D eigenvalue weighted by molar-refractivity contribution is 6.29. The van der Waals surface area contributed by atoms with Gasteiger partial charge < -0.3 is 4.90 Å². The van der Waals surface area contributed by atoms with Crippen LogP contribution < -0.4 is 4.90 Å². The number of benzene rings is 1. The molecule has 2 rings (SSSR count). The lowest BCUT2D eigenvalue weighted by atomic mass is 10.1. The van der Waals surface area contributed by atoms with Crippen LogP contribution in [0.2, 0.25) is 5.15 Å². The van der Waals surface area contributed by atoms with Crippen LogP contribution in [0.15, 0.2) is 36.4 Å². The van der Waals surface area contributed by atoms with E-state index in [1.165, 1.54) is 0 Å². The molecule has 0 aliphatic heterocycles. The molecule has 2 aromatic rings. The fraction of sp³-hybridized carbons (Fsp3) is 0.267. The summed E-state index contributed by atoms with van der Waals surface area (Å²) in [4.78, 5) is 5.61. The highest BCUT2D eigenvalue weighted by Gasteiger charge is 2.31. The predicted octanol–water partition coefficient (Wildman–Crippen LogP) is 4.70. The van der Waals surface area contributed by atoms with Gasteiger partial charge in [0.15, 0.2) is 0 Å². The largest absolute Gasteiger partial charge is 0.416 e. The third-order valence-electron chi connectivity index (χ3n) is 3.17. The normalized spacial score (nSPS) is 11.5. The number of hydrogen-bond acceptors (Lipinski definition) is 2. The van der Waals surface area contributed by atoms with Gasteiger partial charge in [0.05, 0.1) is 5.56 Å². The van der Waals surface area contributed by atoms with Crippen molar-refractivity contribution in [1.29, 1.82) is 0 Å². The van der Waals surface area contributed by atoms with Crippen molar-refractivity contribution < 1.29 is 13.2 Å². The zero-order chi connectivity index (χ0) is 15.6. The molecule has 2 nitrogen and oxygen atoms in total. The lowest BCUT2D eigenvalue weighted by molar-refractivity contribution is -0.137. The molecule has 0 fully saturated rings. The summed E-state index contributed by atoms with van der Waals surface area (Å²) >= 11 is 5.70. The average Bonchev–Trinajstić information content (AvgIpc) is 2.39. The topological polar surface area (TPSA) is 16.1 Å². The molecular formula is C15H14ClF3N2. The van der Waals surface area contributed by atoms with E-state index in [1.807, 2.05) is 31.2 Å². The Labute approximate surface area is 126 Å². The van der Waals surface area contributed by atoms with Crippen molar-refractivity contribution in [3.8, 4) is 0 Å². The summed E-state index contributed by atoms with van der Waals surface area (Å²) in [5.41, 5.74) is 1.30. The number of alkyl halides is 3. The predicted molar refractivity (Wildman–Crippen MR) is 77.5 cm³/mol. The van der Waals surface area contributed by atoms with Crippen molar-refractivity contribution >= 4 is 17.4 Å². The van der Waals surface area contributed by atoms with E-state index < -0.39 is 11.7 Å². The van der Waals surface area contributed by atoms with Crippen LogP contribution in [0.5, 0.6) is 0 Å². The van der Waals surface area contributed by atoms with E-state index in [2.05, 4.69) is 4.98 Å². The van der Waals surface area contributed by atoms with E-state index in [0.29, 0.717) is 6.54 Å². The number of aromatic nitrogens is 1. The van der Waals surface area contributed by atoms with Gasteiger partial charge in [-0.3, -0.25) is 0 Å². The summed E-state index contributed by atoms with van der Waals surface area (Å²) in [6.07, 6.45) is -4.44. The molecule has 0 bridgehead atoms. The molecule has 0 spiro atoms. The second-order valence-corrected chi connectivity index (χ2v) is 5.20. The molecule has 0 N–H and O–H groups in total. The Hall–Kier alpha value is -1.75. The van der Waals surface area contributed by atoms with Crippen molar-refractivity contribution in [2.45, 2.75) is 19.6 Å². The molecule has 21 heavy (non-hydrogen) atoms. The van der Waals surface area contributed by atoms with Gasteiger partial charge >= 0.3 is 6.18 Å². The van der Waals surface area contributed by atoms with E-state index >= 15 is 0 Å². The van der Waals surface area contributed by atoms with Gasteiger partial charge in [0.25, 0.3) is 0 Å². The van der Waals surface area contributed by atoms with E-state index in [4.69, 9.17) is 11.6 Å². The average molecular weight is 315 g/mol. The standard InChI is InChI=1S/C15H14ClF3N2/c1-10-5-3-4-6-11(10)9-21(2)14-8-12(15(17,18)19)7-13(16)20-14/h3-8H,9H2,1-2H3. The van der Waals surface area contributed by atoms with Gasteiger partial charge in [-0.25, -0.2) is 4.98 Å². The second-order valence-electron chi connectivity index (χ2n) is 4.82. The summed E-state index contributed by atoms with van der Waals surface area (Å²) in [5.74, 6) is 0.193. The Balaban J connectivity index is 2.29. The molecule has 0 saturated carbocycles. The van der Waals surface area contributed by atoms with Gasteiger partial charge in [0, 0.05) is 13.6 Å². The molecule has 1 heterocycles. The van der Waals surface area contributed by atoms with Crippen LogP contribution in [0.3, 0.4) is 0 Å². The minimum Gasteiger partial charge on any atom is -0.355 e. The van der Waals surface area contributed by atoms with Crippen molar-refractivity contribution in [2.24, 2.45) is 0 Å². The van der Waals surface area contributed by atoms with Gasteiger partial charge in [-0.15, -0.1) is 0 Å². The number of pyridine rings is 1. The molecule has 0 saturated heterocycles. The smallest absolute Gasteiger partial charge is 0.355 e. The van der Waals surface area contributed by atoms with E-state index in [9.17, 15) is 13.2 Å². The SMILES string of the molecule is Cc1ccccc1CN(C)c1cc(C(F)(F)F)cc(Cl)n1. The molecule has 0 aliphatic carbocycles. The maximum atomic E-state index is 12.8. The summed E-state index contributed by atoms with van der Waals surface area (Å²) in [6.45, 7) is 2.41. The van der Waals surface area contributed by atoms with Gasteiger partial charge in [0.2, 0.25) is 0 Å². The zero-order valence-corrected chi connectivity index (χ0v) is 12.3. The first-order valence-electron chi connectivity index (χ1n) is 6.28. The first kappa shape index (κ1) is 15.6. The van der Waals surface area contributed by atoms with Gasteiger partial charge in [0.1, 0.15) is 11.0 Å². The Morgan fingerprint density at radius 1 is 1.19 bits per heavy atom. The van der Waals surface area contributed by atoms with Crippen molar-refractivity contribution in [3.63, 3.8) is 0 Å². The Morgan fingerprint density at radius 2 is 1.86 bits per heavy atom. The lowest BCUT2D eigenvalue weighted by Crippen LogP contribution is -2.19. The molecule has 1 aromatic carbocycles. The quantitative estimate of drug-likeness (QED) is 0.763. The van der Waals surface area contributed by atoms with Crippen molar-refractivity contribution in [1.82, 2.24) is 4.98 Å². The van der Waals surface area contributed by atoms with Crippen LogP contribution in [0.25, 0.3) is 0 Å². The fourth-order valence-electron chi connectivity index (χ4n) is 1.97. The van der Waals surface area contributed by atoms with Crippen molar-refractivity contribution in [2.75, 3.05) is 11.9 Å². The third kappa shape index (κ3) is 3.88.